The maximum atomic E-state index is 11.6. The van der Waals surface area contributed by atoms with Gasteiger partial charge < -0.3 is 14.2 Å². The Hall–Kier alpha value is -1.60. The van der Waals surface area contributed by atoms with Crippen LogP contribution in [0.25, 0.3) is 0 Å². The van der Waals surface area contributed by atoms with Crippen LogP contribution in [-0.2, 0) is 9.31 Å². The van der Waals surface area contributed by atoms with Crippen LogP contribution in [0.2, 0.25) is 0 Å². The van der Waals surface area contributed by atoms with Crippen LogP contribution >= 0.6 is 0 Å². The molecule has 130 valence electrons. The smallest absolute Gasteiger partial charge is 0.399 e. The summed E-state index contributed by atoms with van der Waals surface area (Å²) in [5.74, 6) is 0. The fourth-order valence-corrected chi connectivity index (χ4v) is 3.21. The van der Waals surface area contributed by atoms with Crippen molar-refractivity contribution in [3.63, 3.8) is 0 Å². The Labute approximate surface area is 143 Å². The zero-order valence-corrected chi connectivity index (χ0v) is 14.9. The highest BCUT2D eigenvalue weighted by Gasteiger charge is 2.52. The molecule has 2 aliphatic heterocycles. The molecule has 0 aliphatic carbocycles. The van der Waals surface area contributed by atoms with Gasteiger partial charge in [0.05, 0.1) is 16.1 Å². The minimum atomic E-state index is -0.580. The number of nitrogens with zero attached hydrogens (tertiary/aromatic N) is 2. The SMILES string of the molecule is CC1(C)OB(c2ccc(N3CCCCC3)c([N+](=O)[O-])c2)OC1(C)C. The molecular formula is C17H25BN2O4. The number of nitro groups is 1. The first-order valence-corrected chi connectivity index (χ1v) is 8.60. The van der Waals surface area contributed by atoms with Crippen LogP contribution in [0.15, 0.2) is 18.2 Å². The van der Waals surface area contributed by atoms with E-state index in [1.54, 1.807) is 6.07 Å². The summed E-state index contributed by atoms with van der Waals surface area (Å²) in [6, 6.07) is 5.33. The van der Waals surface area contributed by atoms with E-state index in [0.717, 1.165) is 25.9 Å². The molecular weight excluding hydrogens is 307 g/mol. The van der Waals surface area contributed by atoms with E-state index in [2.05, 4.69) is 4.90 Å². The van der Waals surface area contributed by atoms with Crippen LogP contribution < -0.4 is 10.4 Å². The highest BCUT2D eigenvalue weighted by atomic mass is 16.7. The Morgan fingerprint density at radius 1 is 1.08 bits per heavy atom. The fourth-order valence-electron chi connectivity index (χ4n) is 3.21. The Morgan fingerprint density at radius 2 is 1.67 bits per heavy atom. The predicted octanol–water partition coefficient (Wildman–Crippen LogP) is 2.88. The number of nitro benzene ring substituents is 1. The highest BCUT2D eigenvalue weighted by molar-refractivity contribution is 6.62. The molecule has 3 rings (SSSR count). The topological polar surface area (TPSA) is 64.8 Å². The van der Waals surface area contributed by atoms with Gasteiger partial charge in [0.1, 0.15) is 5.69 Å². The summed E-state index contributed by atoms with van der Waals surface area (Å²) in [5, 5.41) is 11.6. The van der Waals surface area contributed by atoms with Gasteiger partial charge in [0.15, 0.2) is 0 Å². The van der Waals surface area contributed by atoms with Crippen molar-refractivity contribution in [3.05, 3.63) is 28.3 Å². The number of hydrogen-bond acceptors (Lipinski definition) is 5. The minimum absolute atomic E-state index is 0.129. The van der Waals surface area contributed by atoms with Crippen molar-refractivity contribution in [2.24, 2.45) is 0 Å². The summed E-state index contributed by atoms with van der Waals surface area (Å²) >= 11 is 0. The van der Waals surface area contributed by atoms with Crippen molar-refractivity contribution in [1.29, 1.82) is 0 Å². The quantitative estimate of drug-likeness (QED) is 0.484. The Kier molecular flexibility index (Phi) is 4.34. The van der Waals surface area contributed by atoms with E-state index in [1.807, 2.05) is 39.8 Å². The maximum Gasteiger partial charge on any atom is 0.495 e. The number of anilines is 1. The van der Waals surface area contributed by atoms with E-state index < -0.39 is 18.3 Å². The second-order valence-electron chi connectivity index (χ2n) is 7.64. The number of rotatable bonds is 3. The molecule has 0 saturated carbocycles. The second kappa shape index (κ2) is 6.04. The average molecular weight is 332 g/mol. The van der Waals surface area contributed by atoms with Gasteiger partial charge in [-0.25, -0.2) is 0 Å². The molecule has 2 saturated heterocycles. The molecule has 0 unspecified atom stereocenters. The van der Waals surface area contributed by atoms with Gasteiger partial charge in [-0.1, -0.05) is 6.07 Å². The van der Waals surface area contributed by atoms with E-state index in [9.17, 15) is 10.1 Å². The van der Waals surface area contributed by atoms with Crippen molar-refractivity contribution in [3.8, 4) is 0 Å². The van der Waals surface area contributed by atoms with Gasteiger partial charge in [-0.15, -0.1) is 0 Å². The summed E-state index contributed by atoms with van der Waals surface area (Å²) in [6.45, 7) is 9.65. The summed E-state index contributed by atoms with van der Waals surface area (Å²) in [7, 11) is -0.580. The highest BCUT2D eigenvalue weighted by Crippen LogP contribution is 2.37. The van der Waals surface area contributed by atoms with E-state index in [1.165, 1.54) is 6.42 Å². The first-order chi connectivity index (χ1) is 11.2. The number of hydrogen-bond donors (Lipinski definition) is 0. The first-order valence-electron chi connectivity index (χ1n) is 8.60. The van der Waals surface area contributed by atoms with Crippen LogP contribution in [0.3, 0.4) is 0 Å². The van der Waals surface area contributed by atoms with Crippen molar-refractivity contribution in [2.45, 2.75) is 58.2 Å². The minimum Gasteiger partial charge on any atom is -0.399 e. The van der Waals surface area contributed by atoms with E-state index >= 15 is 0 Å². The molecule has 0 N–H and O–H groups in total. The Bertz CT molecular complexity index is 625. The van der Waals surface area contributed by atoms with Crippen LogP contribution in [0.5, 0.6) is 0 Å². The summed E-state index contributed by atoms with van der Waals surface area (Å²) in [4.78, 5) is 13.4. The molecule has 2 fully saturated rings. The zero-order chi connectivity index (χ0) is 17.5. The number of benzene rings is 1. The van der Waals surface area contributed by atoms with Crippen LogP contribution in [0.1, 0.15) is 47.0 Å². The lowest BCUT2D eigenvalue weighted by molar-refractivity contribution is -0.384. The Morgan fingerprint density at radius 3 is 2.21 bits per heavy atom. The molecule has 0 atom stereocenters. The summed E-state index contributed by atoms with van der Waals surface area (Å²) < 4.78 is 12.0. The Balaban J connectivity index is 1.91. The van der Waals surface area contributed by atoms with Crippen LogP contribution in [0.4, 0.5) is 11.4 Å². The van der Waals surface area contributed by atoms with Crippen LogP contribution in [-0.4, -0.2) is 36.3 Å². The molecule has 7 heteroatoms. The van der Waals surface area contributed by atoms with Crippen molar-refractivity contribution >= 4 is 24.0 Å². The van der Waals surface area contributed by atoms with Crippen molar-refractivity contribution in [1.82, 2.24) is 0 Å². The largest absolute Gasteiger partial charge is 0.495 e. The molecule has 2 aliphatic rings. The molecule has 2 heterocycles. The summed E-state index contributed by atoms with van der Waals surface area (Å²) in [6.07, 6.45) is 3.35. The molecule has 0 spiro atoms. The average Bonchev–Trinajstić information content (AvgIpc) is 2.75. The van der Waals surface area contributed by atoms with E-state index in [4.69, 9.17) is 9.31 Å². The van der Waals surface area contributed by atoms with Gasteiger partial charge in [0.25, 0.3) is 5.69 Å². The van der Waals surface area contributed by atoms with Gasteiger partial charge in [-0.2, -0.15) is 0 Å². The zero-order valence-electron chi connectivity index (χ0n) is 14.9. The molecule has 0 aromatic heterocycles. The molecule has 24 heavy (non-hydrogen) atoms. The van der Waals surface area contributed by atoms with Gasteiger partial charge in [0, 0.05) is 19.2 Å². The summed E-state index contributed by atoms with van der Waals surface area (Å²) in [5.41, 5.74) is 0.598. The van der Waals surface area contributed by atoms with E-state index in [0.29, 0.717) is 11.2 Å². The predicted molar refractivity (Wildman–Crippen MR) is 94.9 cm³/mol. The van der Waals surface area contributed by atoms with Crippen molar-refractivity contribution in [2.75, 3.05) is 18.0 Å². The fraction of sp³-hybridized carbons (Fsp3) is 0.647. The lowest BCUT2D eigenvalue weighted by Gasteiger charge is -2.32. The van der Waals surface area contributed by atoms with Gasteiger partial charge in [0.2, 0.25) is 0 Å². The molecule has 0 bridgehead atoms. The second-order valence-corrected chi connectivity index (χ2v) is 7.64. The third-order valence-electron chi connectivity index (χ3n) is 5.42. The third-order valence-corrected chi connectivity index (χ3v) is 5.42. The van der Waals surface area contributed by atoms with Gasteiger partial charge in [-0.05, 0) is 58.5 Å². The molecule has 0 radical (unpaired) electrons. The van der Waals surface area contributed by atoms with Gasteiger partial charge in [-0.3, -0.25) is 10.1 Å². The molecule has 1 aromatic rings. The molecule has 1 aromatic carbocycles. The van der Waals surface area contributed by atoms with Crippen LogP contribution in [0, 0.1) is 10.1 Å². The van der Waals surface area contributed by atoms with Gasteiger partial charge >= 0.3 is 7.12 Å². The first kappa shape index (κ1) is 17.2. The van der Waals surface area contributed by atoms with Crippen molar-refractivity contribution < 1.29 is 14.2 Å². The third kappa shape index (κ3) is 3.02. The maximum absolute atomic E-state index is 11.6. The molecule has 0 amide bonds. The lowest BCUT2D eigenvalue weighted by Crippen LogP contribution is -2.41. The lowest BCUT2D eigenvalue weighted by atomic mass is 9.78. The standard InChI is InChI=1S/C17H25BN2O4/c1-16(2)17(3,4)24-18(23-16)13-8-9-14(15(12-13)20(21)22)19-10-6-5-7-11-19/h8-9,12H,5-7,10-11H2,1-4H3. The molecule has 6 nitrogen and oxygen atoms in total. The van der Waals surface area contributed by atoms with E-state index in [-0.39, 0.29) is 10.6 Å². The normalized spacial score (nSPS) is 22.7. The monoisotopic (exact) mass is 332 g/mol. The number of piperidine rings is 1.